The maximum atomic E-state index is 11.5. The highest BCUT2D eigenvalue weighted by atomic mass is 16.4. The molecular weight excluding hydrogens is 196 g/mol. The zero-order chi connectivity index (χ0) is 11.2. The van der Waals surface area contributed by atoms with Gasteiger partial charge in [-0.2, -0.15) is 0 Å². The quantitative estimate of drug-likeness (QED) is 0.672. The van der Waals surface area contributed by atoms with Crippen molar-refractivity contribution in [2.45, 2.75) is 44.3 Å². The van der Waals surface area contributed by atoms with Crippen LogP contribution < -0.4 is 5.73 Å². The lowest BCUT2D eigenvalue weighted by molar-refractivity contribution is -0.127. The highest BCUT2D eigenvalue weighted by Crippen LogP contribution is 2.44. The van der Waals surface area contributed by atoms with Gasteiger partial charge in [0, 0.05) is 6.04 Å². The molecule has 3 N–H and O–H groups in total. The van der Waals surface area contributed by atoms with Gasteiger partial charge in [-0.1, -0.05) is 0 Å². The number of rotatable bonds is 1. The largest absolute Gasteiger partial charge is 0.465 e. The Morgan fingerprint density at radius 3 is 2.60 bits per heavy atom. The fraction of sp³-hybridized carbons (Fsp3) is 0.800. The van der Waals surface area contributed by atoms with Crippen LogP contribution in [0.15, 0.2) is 0 Å². The fourth-order valence-electron chi connectivity index (χ4n) is 3.10. The van der Waals surface area contributed by atoms with Gasteiger partial charge in [0.25, 0.3) is 0 Å². The Bertz CT molecular complexity index is 318. The van der Waals surface area contributed by atoms with Gasteiger partial charge in [0.1, 0.15) is 11.4 Å². The van der Waals surface area contributed by atoms with Crippen molar-refractivity contribution in [3.05, 3.63) is 0 Å². The smallest absolute Gasteiger partial charge is 0.409 e. The first kappa shape index (κ1) is 10.4. The Balaban J connectivity index is 2.35. The predicted molar refractivity (Wildman–Crippen MR) is 53.2 cm³/mol. The summed E-state index contributed by atoms with van der Waals surface area (Å²) >= 11 is 0. The van der Waals surface area contributed by atoms with Crippen molar-refractivity contribution < 1.29 is 14.7 Å². The van der Waals surface area contributed by atoms with Crippen LogP contribution in [0.4, 0.5) is 4.79 Å². The van der Waals surface area contributed by atoms with Crippen molar-refractivity contribution in [3.8, 4) is 0 Å². The molecule has 0 aliphatic carbocycles. The maximum Gasteiger partial charge on any atom is 0.409 e. The maximum absolute atomic E-state index is 11.5. The molecule has 2 rings (SSSR count). The van der Waals surface area contributed by atoms with Crippen LogP contribution in [-0.4, -0.2) is 33.6 Å². The van der Waals surface area contributed by atoms with Crippen molar-refractivity contribution in [3.63, 3.8) is 0 Å². The van der Waals surface area contributed by atoms with Crippen molar-refractivity contribution >= 4 is 11.9 Å². The number of carboxylic acid groups (broad SMARTS) is 1. The van der Waals surface area contributed by atoms with Gasteiger partial charge in [0.15, 0.2) is 0 Å². The van der Waals surface area contributed by atoms with Gasteiger partial charge in [-0.3, -0.25) is 9.69 Å². The minimum absolute atomic E-state index is 0.00380. The second-order valence-electron chi connectivity index (χ2n) is 4.58. The predicted octanol–water partition coefficient (Wildman–Crippen LogP) is 0.783. The number of hydrogen-bond acceptors (Lipinski definition) is 3. The zero-order valence-corrected chi connectivity index (χ0v) is 8.77. The lowest BCUT2D eigenvalue weighted by atomic mass is 9.82. The second-order valence-corrected chi connectivity index (χ2v) is 4.58. The summed E-state index contributed by atoms with van der Waals surface area (Å²) in [5.41, 5.74) is 5.17. The molecule has 2 heterocycles. The number of hydrogen-bond donors (Lipinski definition) is 2. The van der Waals surface area contributed by atoms with Crippen LogP contribution >= 0.6 is 0 Å². The lowest BCUT2D eigenvalue weighted by Gasteiger charge is -2.44. The summed E-state index contributed by atoms with van der Waals surface area (Å²) in [4.78, 5) is 23.9. The molecule has 84 valence electrons. The van der Waals surface area contributed by atoms with Crippen LogP contribution in [0.25, 0.3) is 0 Å². The van der Waals surface area contributed by atoms with Crippen molar-refractivity contribution in [1.82, 2.24) is 4.90 Å². The van der Waals surface area contributed by atoms with E-state index >= 15 is 0 Å². The molecule has 3 atom stereocenters. The normalized spacial score (nSPS) is 39.2. The van der Waals surface area contributed by atoms with Crippen molar-refractivity contribution in [2.75, 3.05) is 0 Å². The summed E-state index contributed by atoms with van der Waals surface area (Å²) in [5, 5.41) is 9.12. The number of fused-ring (bicyclic) bond motifs is 2. The number of carbonyl (C=O) groups is 2. The Morgan fingerprint density at radius 1 is 1.40 bits per heavy atom. The molecule has 0 spiro atoms. The molecule has 0 radical (unpaired) electrons. The van der Waals surface area contributed by atoms with E-state index in [9.17, 15) is 9.59 Å². The van der Waals surface area contributed by atoms with Crippen LogP contribution in [0.3, 0.4) is 0 Å². The number of Topliss-reactive ketones (excluding diaryl/α,β-unsaturated/α-hetero) is 1. The van der Waals surface area contributed by atoms with E-state index in [0.717, 1.165) is 19.3 Å². The number of nitrogens with zero attached hydrogens (tertiary/aromatic N) is 1. The van der Waals surface area contributed by atoms with E-state index in [1.54, 1.807) is 0 Å². The van der Waals surface area contributed by atoms with Gasteiger partial charge in [0.05, 0.1) is 5.92 Å². The molecule has 15 heavy (non-hydrogen) atoms. The van der Waals surface area contributed by atoms with Gasteiger partial charge < -0.3 is 10.8 Å². The molecule has 3 unspecified atom stereocenters. The molecule has 5 nitrogen and oxygen atoms in total. The molecule has 2 aliphatic rings. The van der Waals surface area contributed by atoms with Crippen LogP contribution in [0.2, 0.25) is 0 Å². The molecule has 2 saturated heterocycles. The van der Waals surface area contributed by atoms with E-state index < -0.39 is 11.8 Å². The average molecular weight is 212 g/mol. The molecule has 0 aromatic carbocycles. The summed E-state index contributed by atoms with van der Waals surface area (Å²) in [6, 6.07) is 0.0168. The molecule has 2 fully saturated rings. The van der Waals surface area contributed by atoms with Crippen LogP contribution in [0.1, 0.15) is 32.6 Å². The topological polar surface area (TPSA) is 83.6 Å². The van der Waals surface area contributed by atoms with Crippen molar-refractivity contribution in [2.24, 2.45) is 11.7 Å². The van der Waals surface area contributed by atoms with Gasteiger partial charge in [-0.05, 0) is 32.6 Å². The Hall–Kier alpha value is -1.10. The summed E-state index contributed by atoms with van der Waals surface area (Å²) in [5.74, 6) is -0.323. The third-order valence-electron chi connectivity index (χ3n) is 3.78. The van der Waals surface area contributed by atoms with E-state index in [4.69, 9.17) is 10.8 Å². The minimum atomic E-state index is -0.994. The highest BCUT2D eigenvalue weighted by Gasteiger charge is 2.55. The van der Waals surface area contributed by atoms with Crippen LogP contribution in [-0.2, 0) is 4.79 Å². The molecule has 2 bridgehead atoms. The number of piperidine rings is 1. The molecular formula is C10H16N2O3. The van der Waals surface area contributed by atoms with Crippen LogP contribution in [0, 0.1) is 5.92 Å². The first-order chi connectivity index (χ1) is 6.97. The summed E-state index contributed by atoms with van der Waals surface area (Å²) in [6.45, 7) is 1.50. The van der Waals surface area contributed by atoms with E-state index in [2.05, 4.69) is 0 Å². The van der Waals surface area contributed by atoms with Gasteiger partial charge in [-0.15, -0.1) is 0 Å². The third kappa shape index (κ3) is 1.33. The molecule has 0 aromatic rings. The lowest BCUT2D eigenvalue weighted by Crippen LogP contribution is -2.64. The minimum Gasteiger partial charge on any atom is -0.465 e. The first-order valence-electron chi connectivity index (χ1n) is 5.28. The summed E-state index contributed by atoms with van der Waals surface area (Å²) < 4.78 is 0. The van der Waals surface area contributed by atoms with Gasteiger partial charge in [0.2, 0.25) is 0 Å². The number of carbonyl (C=O) groups excluding carboxylic acids is 1. The fourth-order valence-corrected chi connectivity index (χ4v) is 3.10. The third-order valence-corrected chi connectivity index (χ3v) is 3.78. The molecule has 0 aromatic heterocycles. The van der Waals surface area contributed by atoms with Gasteiger partial charge >= 0.3 is 6.09 Å². The number of amides is 1. The monoisotopic (exact) mass is 212 g/mol. The summed E-state index contributed by atoms with van der Waals surface area (Å²) in [6.07, 6.45) is 1.88. The Kier molecular flexibility index (Phi) is 2.22. The second kappa shape index (κ2) is 3.20. The van der Waals surface area contributed by atoms with E-state index in [1.807, 2.05) is 0 Å². The highest BCUT2D eigenvalue weighted by molar-refractivity contribution is 5.81. The van der Waals surface area contributed by atoms with E-state index in [-0.39, 0.29) is 17.7 Å². The molecule has 5 heteroatoms. The average Bonchev–Trinajstić information content (AvgIpc) is 2.35. The Labute approximate surface area is 88.2 Å². The number of ketones is 1. The standard InChI is InChI=1S/C10H16N2O3/c1-6(13)8-3-2-7-4-5-10(8,11)12(7)9(14)15/h7-8H,2-5,11H2,1H3,(H,14,15). The van der Waals surface area contributed by atoms with Gasteiger partial charge in [-0.25, -0.2) is 4.79 Å². The van der Waals surface area contributed by atoms with Crippen molar-refractivity contribution in [1.29, 1.82) is 0 Å². The summed E-state index contributed by atoms with van der Waals surface area (Å²) in [7, 11) is 0. The van der Waals surface area contributed by atoms with Crippen LogP contribution in [0.5, 0.6) is 0 Å². The van der Waals surface area contributed by atoms with E-state index in [1.165, 1.54) is 11.8 Å². The molecule has 1 amide bonds. The SMILES string of the molecule is CC(=O)C1CCC2CCC1(N)N2C(=O)O. The number of nitrogens with two attached hydrogens (primary N) is 1. The first-order valence-corrected chi connectivity index (χ1v) is 5.28. The molecule has 2 aliphatic heterocycles. The van der Waals surface area contributed by atoms with E-state index in [0.29, 0.717) is 6.42 Å². The molecule has 0 saturated carbocycles. The Morgan fingerprint density at radius 2 is 2.07 bits per heavy atom. The zero-order valence-electron chi connectivity index (χ0n) is 8.77.